The van der Waals surface area contributed by atoms with E-state index in [2.05, 4.69) is 4.98 Å². The zero-order valence-electron chi connectivity index (χ0n) is 12.8. The van der Waals surface area contributed by atoms with Crippen LogP contribution in [0.1, 0.15) is 54.5 Å². The average Bonchev–Trinajstić information content (AvgIpc) is 3.15. The molecular formula is C17H20N2O3. The van der Waals surface area contributed by atoms with Gasteiger partial charge in [0.1, 0.15) is 0 Å². The second kappa shape index (κ2) is 5.83. The van der Waals surface area contributed by atoms with E-state index >= 15 is 0 Å². The minimum atomic E-state index is -0.277. The van der Waals surface area contributed by atoms with Crippen molar-refractivity contribution in [1.29, 1.82) is 0 Å². The van der Waals surface area contributed by atoms with Gasteiger partial charge < -0.3 is 14.3 Å². The molecule has 0 spiro atoms. The van der Waals surface area contributed by atoms with Crippen molar-refractivity contribution in [2.24, 2.45) is 0 Å². The molecule has 5 nitrogen and oxygen atoms in total. The highest BCUT2D eigenvalue weighted by Gasteiger charge is 2.31. The van der Waals surface area contributed by atoms with Gasteiger partial charge in [-0.2, -0.15) is 0 Å². The van der Waals surface area contributed by atoms with E-state index in [0.29, 0.717) is 11.4 Å². The first-order chi connectivity index (χ1) is 10.6. The molecule has 2 aromatic rings. The maximum Gasteiger partial charge on any atom is 0.315 e. The van der Waals surface area contributed by atoms with Crippen LogP contribution in [0.2, 0.25) is 0 Å². The number of rotatable bonds is 4. The smallest absolute Gasteiger partial charge is 0.315 e. The zero-order chi connectivity index (χ0) is 15.7. The number of hydrogen-bond donors (Lipinski definition) is 1. The molecule has 0 amide bonds. The molecule has 116 valence electrons. The van der Waals surface area contributed by atoms with E-state index in [4.69, 9.17) is 4.74 Å². The standard InChI is InChI=1S/C17H20N2O3/c1-11(2)22-17(21)12-5-4-10-19-14(12)7-8-15(19)16(20)13-6-3-9-18-13/h3,6-9,11-12,18H,4-5,10H2,1-2H3. The average molecular weight is 300 g/mol. The molecule has 1 N–H and O–H groups in total. The van der Waals surface area contributed by atoms with Crippen LogP contribution in [0, 0.1) is 0 Å². The van der Waals surface area contributed by atoms with Crippen molar-refractivity contribution >= 4 is 11.8 Å². The topological polar surface area (TPSA) is 64.1 Å². The Hall–Kier alpha value is -2.30. The number of carbonyl (C=O) groups is 2. The van der Waals surface area contributed by atoms with E-state index in [1.54, 1.807) is 24.4 Å². The Kier molecular flexibility index (Phi) is 3.88. The minimum absolute atomic E-state index is 0.0471. The molecule has 0 saturated carbocycles. The minimum Gasteiger partial charge on any atom is -0.462 e. The van der Waals surface area contributed by atoms with Gasteiger partial charge in [0, 0.05) is 18.4 Å². The van der Waals surface area contributed by atoms with Crippen LogP contribution >= 0.6 is 0 Å². The molecule has 1 aliphatic heterocycles. The quantitative estimate of drug-likeness (QED) is 0.697. The second-order valence-electron chi connectivity index (χ2n) is 5.89. The number of carbonyl (C=O) groups excluding carboxylic acids is 2. The van der Waals surface area contributed by atoms with Crippen LogP contribution in [0.5, 0.6) is 0 Å². The van der Waals surface area contributed by atoms with Gasteiger partial charge in [0.05, 0.1) is 23.4 Å². The number of aromatic nitrogens is 2. The Morgan fingerprint density at radius 3 is 2.82 bits per heavy atom. The number of ether oxygens (including phenoxy) is 1. The van der Waals surface area contributed by atoms with E-state index in [0.717, 1.165) is 25.1 Å². The normalized spacial score (nSPS) is 17.3. The summed E-state index contributed by atoms with van der Waals surface area (Å²) < 4.78 is 7.30. The van der Waals surface area contributed by atoms with Gasteiger partial charge in [0.15, 0.2) is 0 Å². The third-order valence-corrected chi connectivity index (χ3v) is 3.96. The molecule has 2 aromatic heterocycles. The summed E-state index contributed by atoms with van der Waals surface area (Å²) in [4.78, 5) is 27.7. The molecule has 5 heteroatoms. The van der Waals surface area contributed by atoms with Crippen LogP contribution in [0.25, 0.3) is 0 Å². The van der Waals surface area contributed by atoms with Gasteiger partial charge in [-0.3, -0.25) is 9.59 Å². The highest BCUT2D eigenvalue weighted by molar-refractivity contribution is 6.07. The van der Waals surface area contributed by atoms with Gasteiger partial charge in [0.2, 0.25) is 5.78 Å². The zero-order valence-corrected chi connectivity index (χ0v) is 12.8. The number of nitrogens with zero attached hydrogens (tertiary/aromatic N) is 1. The molecule has 1 unspecified atom stereocenters. The summed E-state index contributed by atoms with van der Waals surface area (Å²) in [5.74, 6) is -0.525. The summed E-state index contributed by atoms with van der Waals surface area (Å²) in [6.07, 6.45) is 3.24. The van der Waals surface area contributed by atoms with Gasteiger partial charge in [-0.15, -0.1) is 0 Å². The van der Waals surface area contributed by atoms with Crippen LogP contribution in [0.15, 0.2) is 30.5 Å². The maximum atomic E-state index is 12.5. The third-order valence-electron chi connectivity index (χ3n) is 3.96. The number of fused-ring (bicyclic) bond motifs is 1. The van der Waals surface area contributed by atoms with Crippen LogP contribution in [-0.4, -0.2) is 27.4 Å². The number of H-pyrrole nitrogens is 1. The predicted molar refractivity (Wildman–Crippen MR) is 81.9 cm³/mol. The van der Waals surface area contributed by atoms with Crippen molar-refractivity contribution < 1.29 is 14.3 Å². The van der Waals surface area contributed by atoms with E-state index < -0.39 is 0 Å². The summed E-state index contributed by atoms with van der Waals surface area (Å²) in [5.41, 5.74) is 2.07. The molecule has 0 aliphatic carbocycles. The fourth-order valence-electron chi connectivity index (χ4n) is 3.00. The Bertz CT molecular complexity index is 683. The summed E-state index contributed by atoms with van der Waals surface area (Å²) in [7, 11) is 0. The number of esters is 1. The van der Waals surface area contributed by atoms with Crippen molar-refractivity contribution in [1.82, 2.24) is 9.55 Å². The Morgan fingerprint density at radius 1 is 1.32 bits per heavy atom. The van der Waals surface area contributed by atoms with Crippen molar-refractivity contribution in [3.05, 3.63) is 47.5 Å². The fourth-order valence-corrected chi connectivity index (χ4v) is 3.00. The SMILES string of the molecule is CC(C)OC(=O)C1CCCn2c(C(=O)c3ccc[nH]3)ccc21. The summed E-state index contributed by atoms with van der Waals surface area (Å²) >= 11 is 0. The van der Waals surface area contributed by atoms with Gasteiger partial charge in [-0.1, -0.05) is 0 Å². The molecule has 0 aromatic carbocycles. The lowest BCUT2D eigenvalue weighted by Crippen LogP contribution is -2.27. The Morgan fingerprint density at radius 2 is 2.14 bits per heavy atom. The van der Waals surface area contributed by atoms with Gasteiger partial charge in [-0.25, -0.2) is 0 Å². The van der Waals surface area contributed by atoms with Crippen LogP contribution in [0.4, 0.5) is 0 Å². The molecule has 1 aliphatic rings. The first kappa shape index (κ1) is 14.6. The summed E-state index contributed by atoms with van der Waals surface area (Å²) in [6.45, 7) is 4.45. The molecular weight excluding hydrogens is 280 g/mol. The number of nitrogens with one attached hydrogen (secondary N) is 1. The summed E-state index contributed by atoms with van der Waals surface area (Å²) in [6, 6.07) is 7.24. The van der Waals surface area contributed by atoms with Crippen LogP contribution in [0.3, 0.4) is 0 Å². The molecule has 3 rings (SSSR count). The highest BCUT2D eigenvalue weighted by Crippen LogP contribution is 2.31. The number of hydrogen-bond acceptors (Lipinski definition) is 3. The van der Waals surface area contributed by atoms with Crippen molar-refractivity contribution in [3.8, 4) is 0 Å². The molecule has 1 atom stereocenters. The van der Waals surface area contributed by atoms with E-state index in [1.165, 1.54) is 0 Å². The lowest BCUT2D eigenvalue weighted by Gasteiger charge is -2.25. The first-order valence-electron chi connectivity index (χ1n) is 7.66. The van der Waals surface area contributed by atoms with Gasteiger partial charge >= 0.3 is 5.97 Å². The van der Waals surface area contributed by atoms with Crippen molar-refractivity contribution in [3.63, 3.8) is 0 Å². The second-order valence-corrected chi connectivity index (χ2v) is 5.89. The first-order valence-corrected chi connectivity index (χ1v) is 7.66. The predicted octanol–water partition coefficient (Wildman–Crippen LogP) is 2.88. The van der Waals surface area contributed by atoms with Gasteiger partial charge in [0.25, 0.3) is 0 Å². The largest absolute Gasteiger partial charge is 0.462 e. The number of ketones is 1. The van der Waals surface area contributed by atoms with E-state index in [1.807, 2.05) is 24.5 Å². The third kappa shape index (κ3) is 2.58. The molecule has 0 saturated heterocycles. The molecule has 0 radical (unpaired) electrons. The monoisotopic (exact) mass is 300 g/mol. The lowest BCUT2D eigenvalue weighted by molar-refractivity contribution is -0.149. The van der Waals surface area contributed by atoms with E-state index in [9.17, 15) is 9.59 Å². The van der Waals surface area contributed by atoms with Crippen molar-refractivity contribution in [2.45, 2.75) is 45.3 Å². The Labute approximate surface area is 129 Å². The summed E-state index contributed by atoms with van der Waals surface area (Å²) in [5, 5.41) is 0. The van der Waals surface area contributed by atoms with Crippen LogP contribution < -0.4 is 0 Å². The van der Waals surface area contributed by atoms with Crippen molar-refractivity contribution in [2.75, 3.05) is 0 Å². The highest BCUT2D eigenvalue weighted by atomic mass is 16.5. The molecule has 0 fully saturated rings. The number of aromatic amines is 1. The lowest BCUT2D eigenvalue weighted by atomic mass is 9.96. The van der Waals surface area contributed by atoms with Gasteiger partial charge in [-0.05, 0) is 51.0 Å². The Balaban J connectivity index is 1.91. The molecule has 3 heterocycles. The van der Waals surface area contributed by atoms with Crippen LogP contribution in [-0.2, 0) is 16.1 Å². The fraction of sp³-hybridized carbons (Fsp3) is 0.412. The van der Waals surface area contributed by atoms with E-state index in [-0.39, 0.29) is 23.8 Å². The molecule has 0 bridgehead atoms. The maximum absolute atomic E-state index is 12.5. The molecule has 22 heavy (non-hydrogen) atoms.